The second kappa shape index (κ2) is 6.42. The molecule has 2 rings (SSSR count). The summed E-state index contributed by atoms with van der Waals surface area (Å²) in [5, 5.41) is 20.0. The predicted molar refractivity (Wildman–Crippen MR) is 86.6 cm³/mol. The molecule has 0 aliphatic rings. The van der Waals surface area contributed by atoms with E-state index in [1.807, 2.05) is 31.2 Å². The number of rotatable bonds is 5. The number of aliphatic hydroxyl groups is 2. The van der Waals surface area contributed by atoms with E-state index < -0.39 is 5.41 Å². The molecular formula is C19H24O2. The molecule has 0 bridgehead atoms. The first-order chi connectivity index (χ1) is 10.0. The van der Waals surface area contributed by atoms with Crippen LogP contribution in [-0.4, -0.2) is 23.4 Å². The van der Waals surface area contributed by atoms with Gasteiger partial charge in [0.1, 0.15) is 0 Å². The number of hydrogen-bond donors (Lipinski definition) is 2. The zero-order chi connectivity index (χ0) is 15.5. The molecule has 2 N–H and O–H groups in total. The van der Waals surface area contributed by atoms with Gasteiger partial charge in [-0.3, -0.25) is 0 Å². The van der Waals surface area contributed by atoms with Gasteiger partial charge in [0, 0.05) is 5.41 Å². The van der Waals surface area contributed by atoms with Crippen LogP contribution in [0.1, 0.15) is 27.8 Å². The van der Waals surface area contributed by atoms with Crippen LogP contribution in [0.5, 0.6) is 0 Å². The van der Waals surface area contributed by atoms with Crippen molar-refractivity contribution in [1.82, 2.24) is 0 Å². The monoisotopic (exact) mass is 284 g/mol. The summed E-state index contributed by atoms with van der Waals surface area (Å²) in [5.41, 5.74) is 5.13. The predicted octanol–water partition coefficient (Wildman–Crippen LogP) is 3.08. The summed E-state index contributed by atoms with van der Waals surface area (Å²) in [4.78, 5) is 0. The molecule has 0 aromatic heterocycles. The Hall–Kier alpha value is -1.64. The largest absolute Gasteiger partial charge is 0.395 e. The third kappa shape index (κ3) is 3.17. The Labute approximate surface area is 127 Å². The minimum absolute atomic E-state index is 0.0682. The highest BCUT2D eigenvalue weighted by Crippen LogP contribution is 2.31. The van der Waals surface area contributed by atoms with Crippen LogP contribution in [0.2, 0.25) is 0 Å². The Kier molecular flexibility index (Phi) is 4.81. The smallest absolute Gasteiger partial charge is 0.0553 e. The highest BCUT2D eigenvalue weighted by molar-refractivity contribution is 5.38. The lowest BCUT2D eigenvalue weighted by Gasteiger charge is -2.32. The Bertz CT molecular complexity index is 613. The van der Waals surface area contributed by atoms with Crippen LogP contribution in [-0.2, 0) is 11.8 Å². The molecule has 2 aromatic rings. The first kappa shape index (κ1) is 15.7. The Morgan fingerprint density at radius 1 is 0.810 bits per heavy atom. The van der Waals surface area contributed by atoms with Crippen LogP contribution in [0.15, 0.2) is 42.5 Å². The fraction of sp³-hybridized carbons (Fsp3) is 0.368. The Morgan fingerprint density at radius 3 is 2.05 bits per heavy atom. The van der Waals surface area contributed by atoms with Gasteiger partial charge in [-0.2, -0.15) is 0 Å². The first-order valence-electron chi connectivity index (χ1n) is 7.36. The molecule has 21 heavy (non-hydrogen) atoms. The minimum Gasteiger partial charge on any atom is -0.395 e. The van der Waals surface area contributed by atoms with Gasteiger partial charge in [0.05, 0.1) is 13.2 Å². The van der Waals surface area contributed by atoms with Gasteiger partial charge in [-0.25, -0.2) is 0 Å². The summed E-state index contributed by atoms with van der Waals surface area (Å²) in [7, 11) is 0. The zero-order valence-electron chi connectivity index (χ0n) is 13.1. The standard InChI is InChI=1S/C19H24O2/c1-14-8-9-17(10-16(14)3)11-19(12-20,13-21)18-7-5-4-6-15(18)2/h4-10,20-21H,11-13H2,1-3H3. The van der Waals surface area contributed by atoms with Crippen molar-refractivity contribution in [2.75, 3.05) is 13.2 Å². The van der Waals surface area contributed by atoms with Crippen LogP contribution < -0.4 is 0 Å². The van der Waals surface area contributed by atoms with Crippen LogP contribution in [0, 0.1) is 20.8 Å². The molecule has 2 nitrogen and oxygen atoms in total. The van der Waals surface area contributed by atoms with Crippen molar-refractivity contribution in [1.29, 1.82) is 0 Å². The van der Waals surface area contributed by atoms with Gasteiger partial charge < -0.3 is 10.2 Å². The summed E-state index contributed by atoms with van der Waals surface area (Å²) in [5.74, 6) is 0. The molecule has 2 heteroatoms. The van der Waals surface area contributed by atoms with E-state index in [2.05, 4.69) is 32.0 Å². The lowest BCUT2D eigenvalue weighted by Crippen LogP contribution is -2.38. The van der Waals surface area contributed by atoms with Gasteiger partial charge >= 0.3 is 0 Å². The van der Waals surface area contributed by atoms with Gasteiger partial charge in [0.2, 0.25) is 0 Å². The molecule has 0 atom stereocenters. The molecule has 0 saturated heterocycles. The number of benzene rings is 2. The fourth-order valence-electron chi connectivity index (χ4n) is 2.90. The number of hydrogen-bond acceptors (Lipinski definition) is 2. The average Bonchev–Trinajstić information content (AvgIpc) is 2.49. The third-order valence-electron chi connectivity index (χ3n) is 4.44. The summed E-state index contributed by atoms with van der Waals surface area (Å²) in [6.07, 6.45) is 0.631. The average molecular weight is 284 g/mol. The quantitative estimate of drug-likeness (QED) is 0.886. The van der Waals surface area contributed by atoms with Crippen LogP contribution in [0.3, 0.4) is 0 Å². The van der Waals surface area contributed by atoms with E-state index in [4.69, 9.17) is 0 Å². The van der Waals surface area contributed by atoms with E-state index in [1.165, 1.54) is 11.1 Å². The molecule has 0 spiro atoms. The summed E-state index contributed by atoms with van der Waals surface area (Å²) < 4.78 is 0. The van der Waals surface area contributed by atoms with Crippen molar-refractivity contribution >= 4 is 0 Å². The molecular weight excluding hydrogens is 260 g/mol. The van der Waals surface area contributed by atoms with Crippen molar-refractivity contribution in [3.8, 4) is 0 Å². The van der Waals surface area contributed by atoms with Gasteiger partial charge in [-0.15, -0.1) is 0 Å². The topological polar surface area (TPSA) is 40.5 Å². The molecule has 0 radical (unpaired) electrons. The molecule has 0 amide bonds. The van der Waals surface area contributed by atoms with Crippen molar-refractivity contribution in [2.45, 2.75) is 32.6 Å². The lowest BCUT2D eigenvalue weighted by atomic mass is 9.75. The molecule has 0 unspecified atom stereocenters. The van der Waals surface area contributed by atoms with Crippen molar-refractivity contribution in [3.63, 3.8) is 0 Å². The third-order valence-corrected chi connectivity index (χ3v) is 4.44. The van der Waals surface area contributed by atoms with E-state index in [1.54, 1.807) is 0 Å². The normalized spacial score (nSPS) is 11.7. The van der Waals surface area contributed by atoms with Crippen LogP contribution >= 0.6 is 0 Å². The fourth-order valence-corrected chi connectivity index (χ4v) is 2.90. The minimum atomic E-state index is -0.632. The first-order valence-corrected chi connectivity index (χ1v) is 7.36. The lowest BCUT2D eigenvalue weighted by molar-refractivity contribution is 0.115. The van der Waals surface area contributed by atoms with E-state index in [0.717, 1.165) is 16.7 Å². The van der Waals surface area contributed by atoms with Gasteiger partial charge in [0.15, 0.2) is 0 Å². The van der Waals surface area contributed by atoms with E-state index >= 15 is 0 Å². The Morgan fingerprint density at radius 2 is 1.48 bits per heavy atom. The van der Waals surface area contributed by atoms with Crippen LogP contribution in [0.4, 0.5) is 0 Å². The van der Waals surface area contributed by atoms with Crippen molar-refractivity contribution < 1.29 is 10.2 Å². The highest BCUT2D eigenvalue weighted by Gasteiger charge is 2.32. The van der Waals surface area contributed by atoms with E-state index in [-0.39, 0.29) is 13.2 Å². The van der Waals surface area contributed by atoms with Crippen molar-refractivity contribution in [3.05, 3.63) is 70.3 Å². The van der Waals surface area contributed by atoms with Gasteiger partial charge in [-0.1, -0.05) is 42.5 Å². The maximum atomic E-state index is 9.98. The SMILES string of the molecule is Cc1ccc(CC(CO)(CO)c2ccccc2C)cc1C. The van der Waals surface area contributed by atoms with Crippen molar-refractivity contribution in [2.24, 2.45) is 0 Å². The maximum absolute atomic E-state index is 9.98. The summed E-state index contributed by atoms with van der Waals surface area (Å²) in [6.45, 7) is 6.07. The molecule has 2 aromatic carbocycles. The number of aliphatic hydroxyl groups excluding tert-OH is 2. The summed E-state index contributed by atoms with van der Waals surface area (Å²) in [6, 6.07) is 14.3. The number of aryl methyl sites for hydroxylation is 3. The molecule has 0 heterocycles. The second-order valence-corrected chi connectivity index (χ2v) is 6.01. The molecule has 0 aliphatic heterocycles. The van der Waals surface area contributed by atoms with E-state index in [0.29, 0.717) is 6.42 Å². The molecule has 0 aliphatic carbocycles. The second-order valence-electron chi connectivity index (χ2n) is 6.01. The highest BCUT2D eigenvalue weighted by atomic mass is 16.3. The van der Waals surface area contributed by atoms with Crippen LogP contribution in [0.25, 0.3) is 0 Å². The molecule has 0 saturated carbocycles. The maximum Gasteiger partial charge on any atom is 0.0553 e. The molecule has 0 fully saturated rings. The Balaban J connectivity index is 2.43. The van der Waals surface area contributed by atoms with Gasteiger partial charge in [-0.05, 0) is 55.0 Å². The summed E-state index contributed by atoms with van der Waals surface area (Å²) >= 11 is 0. The van der Waals surface area contributed by atoms with Gasteiger partial charge in [0.25, 0.3) is 0 Å². The zero-order valence-corrected chi connectivity index (χ0v) is 13.1. The molecule has 112 valence electrons. The van der Waals surface area contributed by atoms with E-state index in [9.17, 15) is 10.2 Å².